The van der Waals surface area contributed by atoms with Crippen molar-refractivity contribution < 1.29 is 24.5 Å². The van der Waals surface area contributed by atoms with Crippen LogP contribution in [0.5, 0.6) is 0 Å². The molecule has 0 aromatic heterocycles. The fourth-order valence-electron chi connectivity index (χ4n) is 11.8. The lowest BCUT2D eigenvalue weighted by atomic mass is 10.0. The number of hydrogen-bond donors (Lipinski definition) is 3. The highest BCUT2D eigenvalue weighted by Gasteiger charge is 2.18. The molecule has 0 aliphatic rings. The molecule has 0 aliphatic heterocycles. The molecule has 0 saturated carbocycles. The topological polar surface area (TPSA) is 95.9 Å². The number of esters is 1. The van der Waals surface area contributed by atoms with Crippen LogP contribution < -0.4 is 5.32 Å². The van der Waals surface area contributed by atoms with Gasteiger partial charge in [-0.3, -0.25) is 9.59 Å². The molecule has 0 radical (unpaired) electrons. The molecular weight excluding hydrogens is 995 g/mol. The predicted octanol–water partition coefficient (Wildman–Crippen LogP) is 24.1. The van der Waals surface area contributed by atoms with Crippen LogP contribution in [0.15, 0.2) is 24.3 Å². The first-order valence-corrected chi connectivity index (χ1v) is 37.1. The average Bonchev–Trinajstić information content (AvgIpc) is 3.47. The van der Waals surface area contributed by atoms with E-state index in [9.17, 15) is 19.8 Å². The van der Waals surface area contributed by atoms with Gasteiger partial charge in [0, 0.05) is 12.8 Å². The van der Waals surface area contributed by atoms with E-state index in [0.717, 1.165) is 38.5 Å². The summed E-state index contributed by atoms with van der Waals surface area (Å²) < 4.78 is 5.51. The van der Waals surface area contributed by atoms with Crippen LogP contribution in [0, 0.1) is 0 Å². The zero-order chi connectivity index (χ0) is 58.5. The number of amides is 1. The van der Waals surface area contributed by atoms with Gasteiger partial charge < -0.3 is 20.3 Å². The van der Waals surface area contributed by atoms with E-state index in [1.807, 2.05) is 6.08 Å². The smallest absolute Gasteiger partial charge is 0.305 e. The van der Waals surface area contributed by atoms with Crippen molar-refractivity contribution in [1.29, 1.82) is 0 Å². The minimum atomic E-state index is -0.842. The zero-order valence-electron chi connectivity index (χ0n) is 55.0. The van der Waals surface area contributed by atoms with Crippen LogP contribution in [0.1, 0.15) is 418 Å². The monoisotopic (exact) mass is 1140 g/mol. The number of hydrogen-bond acceptors (Lipinski definition) is 5. The fraction of sp³-hybridized carbons (Fsp3) is 0.920. The standard InChI is InChI=1S/C75H145NO5/c1-3-5-7-9-11-13-15-17-19-21-32-37-41-45-49-53-57-61-65-69-75(80)81-70-66-62-58-54-50-46-42-38-34-31-29-27-25-23-22-24-26-28-30-33-36-40-44-48-52-56-60-64-68-74(79)76-72(71-77)73(78)67-63-59-55-51-47-43-39-35-20-18-16-14-12-10-8-6-4-2/h17,19,63,67,72-73,77-78H,3-16,18,20-62,64-66,68-71H2,1-2H3,(H,76,79)/b19-17-,67-63+. The molecule has 480 valence electrons. The van der Waals surface area contributed by atoms with Gasteiger partial charge in [-0.15, -0.1) is 0 Å². The van der Waals surface area contributed by atoms with E-state index in [-0.39, 0.29) is 18.5 Å². The Morgan fingerprint density at radius 3 is 0.877 bits per heavy atom. The molecule has 81 heavy (non-hydrogen) atoms. The molecule has 0 spiro atoms. The molecule has 2 unspecified atom stereocenters. The van der Waals surface area contributed by atoms with Crippen LogP contribution in [0.4, 0.5) is 0 Å². The Hall–Kier alpha value is -1.66. The molecule has 0 fully saturated rings. The SMILES string of the molecule is CCCCCCCC/C=C\CCCCCCCCCCCC(=O)OCCCCCCCCCCCCCCCCCCCCCCCCCCCCCCC(=O)NC(CO)C(O)/C=C/CCCCCCCCCCCCCCCCC. The van der Waals surface area contributed by atoms with Gasteiger partial charge in [-0.25, -0.2) is 0 Å². The summed E-state index contributed by atoms with van der Waals surface area (Å²) in [6.45, 7) is 4.94. The van der Waals surface area contributed by atoms with Gasteiger partial charge in [0.25, 0.3) is 0 Å². The first-order chi connectivity index (χ1) is 40.0. The van der Waals surface area contributed by atoms with E-state index in [0.29, 0.717) is 19.4 Å². The number of ether oxygens (including phenoxy) is 1. The van der Waals surface area contributed by atoms with E-state index >= 15 is 0 Å². The highest BCUT2D eigenvalue weighted by Crippen LogP contribution is 2.19. The van der Waals surface area contributed by atoms with Gasteiger partial charge in [0.2, 0.25) is 5.91 Å². The van der Waals surface area contributed by atoms with Crippen LogP contribution in [0.3, 0.4) is 0 Å². The summed E-state index contributed by atoms with van der Waals surface area (Å²) >= 11 is 0. The highest BCUT2D eigenvalue weighted by atomic mass is 16.5. The van der Waals surface area contributed by atoms with Gasteiger partial charge in [-0.05, 0) is 57.8 Å². The molecule has 0 aromatic rings. The average molecular weight is 1140 g/mol. The first kappa shape index (κ1) is 79.3. The van der Waals surface area contributed by atoms with Crippen molar-refractivity contribution in [2.45, 2.75) is 431 Å². The third kappa shape index (κ3) is 67.3. The van der Waals surface area contributed by atoms with Crippen molar-refractivity contribution in [3.63, 3.8) is 0 Å². The number of carbonyl (C=O) groups excluding carboxylic acids is 2. The Bertz CT molecular complexity index is 1270. The number of carbonyl (C=O) groups is 2. The molecule has 0 rings (SSSR count). The number of aliphatic hydroxyl groups excluding tert-OH is 2. The van der Waals surface area contributed by atoms with E-state index in [4.69, 9.17) is 4.74 Å². The summed E-state index contributed by atoms with van der Waals surface area (Å²) in [6, 6.07) is -0.625. The van der Waals surface area contributed by atoms with Crippen molar-refractivity contribution in [1.82, 2.24) is 5.32 Å². The van der Waals surface area contributed by atoms with Crippen molar-refractivity contribution >= 4 is 11.9 Å². The Morgan fingerprint density at radius 1 is 0.333 bits per heavy atom. The van der Waals surface area contributed by atoms with Crippen LogP contribution in [0.2, 0.25) is 0 Å². The summed E-state index contributed by atoms with van der Waals surface area (Å²) in [6.07, 6.45) is 89.9. The summed E-state index contributed by atoms with van der Waals surface area (Å²) in [5, 5.41) is 23.2. The molecule has 6 heteroatoms. The second kappa shape index (κ2) is 70.8. The number of unbranched alkanes of at least 4 members (excludes halogenated alkanes) is 57. The molecule has 3 N–H and O–H groups in total. The molecule has 0 heterocycles. The van der Waals surface area contributed by atoms with Crippen LogP contribution >= 0.6 is 0 Å². The summed E-state index contributed by atoms with van der Waals surface area (Å²) in [5.74, 6) is -0.0424. The second-order valence-corrected chi connectivity index (χ2v) is 25.6. The highest BCUT2D eigenvalue weighted by molar-refractivity contribution is 5.76. The second-order valence-electron chi connectivity index (χ2n) is 25.6. The van der Waals surface area contributed by atoms with Gasteiger partial charge in [0.15, 0.2) is 0 Å². The maximum absolute atomic E-state index is 12.5. The largest absolute Gasteiger partial charge is 0.466 e. The van der Waals surface area contributed by atoms with Crippen LogP contribution in [0.25, 0.3) is 0 Å². The molecular formula is C75H145NO5. The van der Waals surface area contributed by atoms with Crippen molar-refractivity contribution in [3.8, 4) is 0 Å². The van der Waals surface area contributed by atoms with E-state index in [1.165, 1.54) is 353 Å². The molecule has 1 amide bonds. The Labute approximate surface area is 507 Å². The minimum Gasteiger partial charge on any atom is -0.466 e. The van der Waals surface area contributed by atoms with Gasteiger partial charge in [-0.2, -0.15) is 0 Å². The Kier molecular flexibility index (Phi) is 69.4. The third-order valence-electron chi connectivity index (χ3n) is 17.5. The third-order valence-corrected chi connectivity index (χ3v) is 17.5. The zero-order valence-corrected chi connectivity index (χ0v) is 55.0. The van der Waals surface area contributed by atoms with Crippen molar-refractivity contribution in [3.05, 3.63) is 24.3 Å². The molecule has 0 bridgehead atoms. The van der Waals surface area contributed by atoms with E-state index in [2.05, 4.69) is 31.3 Å². The Morgan fingerprint density at radius 2 is 0.580 bits per heavy atom. The molecule has 0 saturated heterocycles. The Balaban J connectivity index is 3.34. The number of allylic oxidation sites excluding steroid dienone is 3. The van der Waals surface area contributed by atoms with Crippen molar-refractivity contribution in [2.75, 3.05) is 13.2 Å². The first-order valence-electron chi connectivity index (χ1n) is 37.1. The van der Waals surface area contributed by atoms with Crippen LogP contribution in [-0.2, 0) is 14.3 Å². The van der Waals surface area contributed by atoms with Crippen molar-refractivity contribution in [2.24, 2.45) is 0 Å². The number of nitrogens with one attached hydrogen (secondary N) is 1. The maximum atomic E-state index is 12.5. The number of rotatable bonds is 70. The minimum absolute atomic E-state index is 0.0189. The maximum Gasteiger partial charge on any atom is 0.305 e. The summed E-state index contributed by atoms with van der Waals surface area (Å²) in [5.41, 5.74) is 0. The summed E-state index contributed by atoms with van der Waals surface area (Å²) in [7, 11) is 0. The lowest BCUT2D eigenvalue weighted by molar-refractivity contribution is -0.143. The molecule has 0 aromatic carbocycles. The summed E-state index contributed by atoms with van der Waals surface area (Å²) in [4.78, 5) is 24.6. The normalized spacial score (nSPS) is 12.6. The van der Waals surface area contributed by atoms with E-state index in [1.54, 1.807) is 6.08 Å². The fourth-order valence-corrected chi connectivity index (χ4v) is 11.8. The molecule has 0 aliphatic carbocycles. The quantitative estimate of drug-likeness (QED) is 0.0320. The molecule has 6 nitrogen and oxygen atoms in total. The predicted molar refractivity (Wildman–Crippen MR) is 356 cm³/mol. The van der Waals surface area contributed by atoms with E-state index < -0.39 is 12.1 Å². The van der Waals surface area contributed by atoms with Gasteiger partial charge in [0.1, 0.15) is 0 Å². The van der Waals surface area contributed by atoms with Gasteiger partial charge >= 0.3 is 5.97 Å². The molecule has 2 atom stereocenters. The lowest BCUT2D eigenvalue weighted by Gasteiger charge is -2.20. The van der Waals surface area contributed by atoms with Gasteiger partial charge in [-0.1, -0.05) is 372 Å². The lowest BCUT2D eigenvalue weighted by Crippen LogP contribution is -2.45. The van der Waals surface area contributed by atoms with Crippen LogP contribution in [-0.4, -0.2) is 47.4 Å². The van der Waals surface area contributed by atoms with Gasteiger partial charge in [0.05, 0.1) is 25.4 Å². The number of aliphatic hydroxyl groups is 2.